The maximum Gasteiger partial charge on any atom is 0.263 e. The molecule has 0 fully saturated rings. The Morgan fingerprint density at radius 3 is 2.33 bits per heavy atom. The van der Waals surface area contributed by atoms with Gasteiger partial charge in [0.2, 0.25) is 0 Å². The average Bonchev–Trinajstić information content (AvgIpc) is 2.27. The molecule has 0 heterocycles. The van der Waals surface area contributed by atoms with Crippen molar-refractivity contribution in [1.82, 2.24) is 0 Å². The van der Waals surface area contributed by atoms with E-state index >= 15 is 0 Å². The van der Waals surface area contributed by atoms with Crippen LogP contribution in [0.25, 0.3) is 10.8 Å². The van der Waals surface area contributed by atoms with E-state index in [0.717, 1.165) is 16.3 Å². The van der Waals surface area contributed by atoms with E-state index in [1.54, 1.807) is 18.2 Å². The number of fused-ring (bicyclic) bond motifs is 1. The molecule has 0 saturated heterocycles. The van der Waals surface area contributed by atoms with Gasteiger partial charge in [-0.1, -0.05) is 24.1 Å². The van der Waals surface area contributed by atoms with Gasteiger partial charge < -0.3 is 0 Å². The summed E-state index contributed by atoms with van der Waals surface area (Å²) in [6.07, 6.45) is 2.82. The Kier molecular flexibility index (Phi) is 2.39. The van der Waals surface area contributed by atoms with Crippen LogP contribution in [-0.2, 0) is 0 Å². The minimum absolute atomic E-state index is 0.0379. The summed E-state index contributed by atoms with van der Waals surface area (Å²) < 4.78 is 24.8. The van der Waals surface area contributed by atoms with Gasteiger partial charge in [0.05, 0.1) is 0 Å². The molecule has 2 aromatic rings. The second kappa shape index (κ2) is 3.70. The summed E-state index contributed by atoms with van der Waals surface area (Å²) in [7, 11) is 0. The molecule has 0 aliphatic carbocycles. The van der Waals surface area contributed by atoms with Crippen LogP contribution in [-0.4, -0.2) is 0 Å². The van der Waals surface area contributed by atoms with Crippen LogP contribution in [0.15, 0.2) is 36.4 Å². The van der Waals surface area contributed by atoms with Crippen LogP contribution in [0.3, 0.4) is 0 Å². The largest absolute Gasteiger partial charge is 0.263 e. The van der Waals surface area contributed by atoms with E-state index in [9.17, 15) is 8.78 Å². The van der Waals surface area contributed by atoms with E-state index in [4.69, 9.17) is 6.42 Å². The molecule has 0 saturated carbocycles. The molecule has 0 N–H and O–H groups in total. The van der Waals surface area contributed by atoms with Gasteiger partial charge in [-0.15, -0.1) is 6.42 Å². The van der Waals surface area contributed by atoms with Gasteiger partial charge in [-0.2, -0.15) is 0 Å². The number of rotatable bonds is 1. The Morgan fingerprint density at radius 2 is 1.67 bits per heavy atom. The highest BCUT2D eigenvalue weighted by Gasteiger charge is 2.06. The highest BCUT2D eigenvalue weighted by molar-refractivity contribution is 5.84. The van der Waals surface area contributed by atoms with Crippen LogP contribution in [0.4, 0.5) is 8.78 Å². The first-order valence-corrected chi connectivity index (χ1v) is 4.49. The van der Waals surface area contributed by atoms with Gasteiger partial charge in [-0.3, -0.25) is 0 Å². The zero-order valence-corrected chi connectivity index (χ0v) is 7.87. The van der Waals surface area contributed by atoms with Gasteiger partial charge in [0, 0.05) is 11.1 Å². The normalized spacial score (nSPS) is 10.5. The zero-order valence-electron chi connectivity index (χ0n) is 7.87. The van der Waals surface area contributed by atoms with Crippen molar-refractivity contribution in [2.24, 2.45) is 0 Å². The predicted molar refractivity (Wildman–Crippen MR) is 56.8 cm³/mol. The third kappa shape index (κ3) is 1.82. The number of hydrogen-bond acceptors (Lipinski definition) is 0. The average molecular weight is 202 g/mol. The van der Waals surface area contributed by atoms with Crippen molar-refractivity contribution in [3.05, 3.63) is 47.5 Å². The summed E-state index contributed by atoms with van der Waals surface area (Å²) in [6.45, 7) is 0. The van der Waals surface area contributed by atoms with Crippen LogP contribution in [0.5, 0.6) is 0 Å². The first-order valence-electron chi connectivity index (χ1n) is 4.49. The van der Waals surface area contributed by atoms with Gasteiger partial charge >= 0.3 is 0 Å². The van der Waals surface area contributed by atoms with E-state index in [1.807, 2.05) is 6.07 Å². The maximum atomic E-state index is 12.4. The van der Waals surface area contributed by atoms with Crippen LogP contribution in [0.2, 0.25) is 0 Å². The highest BCUT2D eigenvalue weighted by Crippen LogP contribution is 2.24. The molecule has 0 radical (unpaired) electrons. The molecule has 0 aromatic heterocycles. The minimum Gasteiger partial charge on any atom is -0.205 e. The summed E-state index contributed by atoms with van der Waals surface area (Å²) in [4.78, 5) is 0. The van der Waals surface area contributed by atoms with Gasteiger partial charge in [-0.25, -0.2) is 8.78 Å². The third-order valence-corrected chi connectivity index (χ3v) is 2.28. The van der Waals surface area contributed by atoms with Crippen molar-refractivity contribution in [3.63, 3.8) is 0 Å². The Hall–Kier alpha value is -1.88. The second-order valence-corrected chi connectivity index (χ2v) is 3.27. The maximum absolute atomic E-state index is 12.4. The molecule has 0 atom stereocenters. The topological polar surface area (TPSA) is 0 Å². The Balaban J connectivity index is 2.61. The molecule has 0 amide bonds. The molecular weight excluding hydrogens is 194 g/mol. The lowest BCUT2D eigenvalue weighted by Gasteiger charge is -2.02. The summed E-state index contributed by atoms with van der Waals surface area (Å²) >= 11 is 0. The summed E-state index contributed by atoms with van der Waals surface area (Å²) in [5, 5.41) is 1.67. The van der Waals surface area contributed by atoms with E-state index in [1.165, 1.54) is 12.1 Å². The molecule has 0 bridgehead atoms. The van der Waals surface area contributed by atoms with Gasteiger partial charge in [0.1, 0.15) is 0 Å². The van der Waals surface area contributed by atoms with Crippen molar-refractivity contribution in [2.45, 2.75) is 6.43 Å². The lowest BCUT2D eigenvalue weighted by Crippen LogP contribution is -1.84. The second-order valence-electron chi connectivity index (χ2n) is 3.27. The smallest absolute Gasteiger partial charge is 0.205 e. The molecule has 0 aliphatic rings. The van der Waals surface area contributed by atoms with Gasteiger partial charge in [0.25, 0.3) is 6.43 Å². The molecule has 0 nitrogen and oxygen atoms in total. The fourth-order valence-corrected chi connectivity index (χ4v) is 1.49. The number of hydrogen-bond donors (Lipinski definition) is 0. The molecule has 2 aromatic carbocycles. The van der Waals surface area contributed by atoms with Crippen molar-refractivity contribution in [2.75, 3.05) is 0 Å². The van der Waals surface area contributed by atoms with Crippen molar-refractivity contribution < 1.29 is 8.78 Å². The fraction of sp³-hybridized carbons (Fsp3) is 0.0769. The van der Waals surface area contributed by atoms with Gasteiger partial charge in [0.15, 0.2) is 0 Å². The van der Waals surface area contributed by atoms with Crippen LogP contribution >= 0.6 is 0 Å². The predicted octanol–water partition coefficient (Wildman–Crippen LogP) is 3.76. The molecule has 2 heteroatoms. The molecule has 0 aliphatic heterocycles. The Bertz CT molecular complexity index is 536. The van der Waals surface area contributed by atoms with E-state index in [-0.39, 0.29) is 5.56 Å². The molecule has 0 unspecified atom stereocenters. The molecular formula is C13H8F2. The zero-order chi connectivity index (χ0) is 10.8. The number of alkyl halides is 2. The van der Waals surface area contributed by atoms with E-state index < -0.39 is 6.43 Å². The summed E-state index contributed by atoms with van der Waals surface area (Å²) in [5.74, 6) is 2.51. The quantitative estimate of drug-likeness (QED) is 0.617. The standard InChI is InChI=1S/C13H8F2/c1-2-9-3-4-11-8-12(13(14)15)6-5-10(11)7-9/h1,3-8,13H. The molecule has 2 rings (SSSR count). The minimum atomic E-state index is -2.43. The Labute approximate surface area is 86.5 Å². The molecule has 15 heavy (non-hydrogen) atoms. The summed E-state index contributed by atoms with van der Waals surface area (Å²) in [6, 6.07) is 9.89. The van der Waals surface area contributed by atoms with Crippen molar-refractivity contribution >= 4 is 10.8 Å². The van der Waals surface area contributed by atoms with Crippen molar-refractivity contribution in [1.29, 1.82) is 0 Å². The number of halogens is 2. The van der Waals surface area contributed by atoms with E-state index in [0.29, 0.717) is 0 Å². The van der Waals surface area contributed by atoms with Crippen LogP contribution < -0.4 is 0 Å². The Morgan fingerprint density at radius 1 is 1.00 bits per heavy atom. The third-order valence-electron chi connectivity index (χ3n) is 2.28. The monoisotopic (exact) mass is 202 g/mol. The number of terminal acetylenes is 1. The van der Waals surface area contributed by atoms with Crippen molar-refractivity contribution in [3.8, 4) is 12.3 Å². The van der Waals surface area contributed by atoms with Gasteiger partial charge in [-0.05, 0) is 29.0 Å². The first-order chi connectivity index (χ1) is 7.20. The lowest BCUT2D eigenvalue weighted by atomic mass is 10.0. The SMILES string of the molecule is C#Cc1ccc2cc(C(F)F)ccc2c1. The van der Waals surface area contributed by atoms with E-state index in [2.05, 4.69) is 5.92 Å². The highest BCUT2D eigenvalue weighted by atomic mass is 19.3. The first kappa shape index (κ1) is 9.67. The van der Waals surface area contributed by atoms with Crippen LogP contribution in [0.1, 0.15) is 17.6 Å². The van der Waals surface area contributed by atoms with Crippen LogP contribution in [0, 0.1) is 12.3 Å². The lowest BCUT2D eigenvalue weighted by molar-refractivity contribution is 0.151. The fourth-order valence-electron chi connectivity index (χ4n) is 1.49. The summed E-state index contributed by atoms with van der Waals surface area (Å²) in [5.41, 5.74) is 0.795. The molecule has 0 spiro atoms. The number of benzene rings is 2. The molecule has 74 valence electrons.